The molecule has 2 aliphatic carbocycles. The molecule has 172 valence electrons. The first-order valence-corrected chi connectivity index (χ1v) is 12.0. The van der Waals surface area contributed by atoms with Crippen LogP contribution in [0.3, 0.4) is 0 Å². The number of nitrogens with one attached hydrogen (secondary N) is 3. The Morgan fingerprint density at radius 1 is 1.03 bits per heavy atom. The molecular weight excluding hydrogens is 396 g/mol. The third kappa shape index (κ3) is 4.88. The van der Waals surface area contributed by atoms with Crippen LogP contribution in [0.15, 0.2) is 0 Å². The second-order valence-corrected chi connectivity index (χ2v) is 10.3. The second-order valence-electron chi connectivity index (χ2n) is 10.3. The SMILES string of the molecule is CC1CCC(NC(=O)NCC2CCC3CN(C4CCC(=O)NC4=O)C(=O)C3C2)CC1C. The Balaban J connectivity index is 1.24. The van der Waals surface area contributed by atoms with Crippen LogP contribution in [-0.2, 0) is 14.4 Å². The Hall–Kier alpha value is -2.12. The van der Waals surface area contributed by atoms with Crippen molar-refractivity contribution >= 4 is 23.8 Å². The standard InChI is InChI=1S/C23H36N4O4/c1-13-3-6-17(9-14(13)2)25-23(31)24-11-15-4-5-16-12-27(22(30)18(16)10-15)19-7-8-20(28)26-21(19)29/h13-19H,3-12H2,1-2H3,(H2,24,25,31)(H,26,28,29). The maximum absolute atomic E-state index is 13.0. The van der Waals surface area contributed by atoms with Crippen molar-refractivity contribution in [2.75, 3.05) is 13.1 Å². The van der Waals surface area contributed by atoms with E-state index in [0.717, 1.165) is 44.4 Å². The summed E-state index contributed by atoms with van der Waals surface area (Å²) in [5.41, 5.74) is 0. The van der Waals surface area contributed by atoms with E-state index in [1.165, 1.54) is 0 Å². The van der Waals surface area contributed by atoms with Crippen molar-refractivity contribution in [3.8, 4) is 0 Å². The molecule has 4 fully saturated rings. The van der Waals surface area contributed by atoms with Gasteiger partial charge in [-0.3, -0.25) is 19.7 Å². The normalized spacial score (nSPS) is 38.5. The molecule has 2 heterocycles. The molecular formula is C23H36N4O4. The van der Waals surface area contributed by atoms with Gasteiger partial charge in [0.2, 0.25) is 17.7 Å². The van der Waals surface area contributed by atoms with Gasteiger partial charge < -0.3 is 15.5 Å². The molecule has 4 aliphatic rings. The minimum absolute atomic E-state index is 0.0407. The van der Waals surface area contributed by atoms with Crippen molar-refractivity contribution in [1.29, 1.82) is 0 Å². The lowest BCUT2D eigenvalue weighted by Gasteiger charge is -2.33. The van der Waals surface area contributed by atoms with Crippen LogP contribution in [0, 0.1) is 29.6 Å². The first-order valence-electron chi connectivity index (χ1n) is 12.0. The van der Waals surface area contributed by atoms with Crippen molar-refractivity contribution in [2.45, 2.75) is 77.3 Å². The Labute approximate surface area is 184 Å². The van der Waals surface area contributed by atoms with E-state index in [9.17, 15) is 19.2 Å². The minimum Gasteiger partial charge on any atom is -0.338 e. The van der Waals surface area contributed by atoms with Crippen LogP contribution in [0.1, 0.15) is 65.2 Å². The summed E-state index contributed by atoms with van der Waals surface area (Å²) in [6.07, 6.45) is 6.61. The summed E-state index contributed by atoms with van der Waals surface area (Å²) in [6, 6.07) is -0.365. The van der Waals surface area contributed by atoms with Gasteiger partial charge in [-0.25, -0.2) is 4.79 Å². The van der Waals surface area contributed by atoms with Gasteiger partial charge in [-0.05, 0) is 68.6 Å². The molecule has 31 heavy (non-hydrogen) atoms. The summed E-state index contributed by atoms with van der Waals surface area (Å²) in [5, 5.41) is 8.52. The number of likely N-dealkylation sites (tertiary alicyclic amines) is 1. The van der Waals surface area contributed by atoms with Gasteiger partial charge in [-0.15, -0.1) is 0 Å². The summed E-state index contributed by atoms with van der Waals surface area (Å²) in [5.74, 6) is 1.27. The number of carbonyl (C=O) groups is 4. The predicted molar refractivity (Wildman–Crippen MR) is 115 cm³/mol. The maximum atomic E-state index is 13.0. The number of carbonyl (C=O) groups excluding carboxylic acids is 4. The third-order valence-electron chi connectivity index (χ3n) is 8.20. The number of nitrogens with zero attached hydrogens (tertiary/aromatic N) is 1. The zero-order chi connectivity index (χ0) is 22.1. The molecule has 7 unspecified atom stereocenters. The van der Waals surface area contributed by atoms with E-state index in [-0.39, 0.29) is 54.0 Å². The van der Waals surface area contributed by atoms with Crippen LogP contribution in [-0.4, -0.2) is 53.8 Å². The monoisotopic (exact) mass is 432 g/mol. The Kier molecular flexibility index (Phi) is 6.53. The van der Waals surface area contributed by atoms with Crippen molar-refractivity contribution < 1.29 is 19.2 Å². The van der Waals surface area contributed by atoms with Crippen molar-refractivity contribution in [3.63, 3.8) is 0 Å². The molecule has 5 amide bonds. The molecule has 0 aromatic rings. The van der Waals surface area contributed by atoms with Crippen LogP contribution < -0.4 is 16.0 Å². The number of hydrogen-bond donors (Lipinski definition) is 3. The van der Waals surface area contributed by atoms with Gasteiger partial charge in [-0.2, -0.15) is 0 Å². The molecule has 2 saturated heterocycles. The molecule has 8 nitrogen and oxygen atoms in total. The first-order chi connectivity index (χ1) is 14.8. The predicted octanol–water partition coefficient (Wildman–Crippen LogP) is 1.79. The molecule has 0 spiro atoms. The largest absolute Gasteiger partial charge is 0.338 e. The first kappa shape index (κ1) is 22.1. The zero-order valence-electron chi connectivity index (χ0n) is 18.7. The van der Waals surface area contributed by atoms with E-state index < -0.39 is 6.04 Å². The zero-order valence-corrected chi connectivity index (χ0v) is 18.7. The van der Waals surface area contributed by atoms with Crippen molar-refractivity contribution in [1.82, 2.24) is 20.9 Å². The summed E-state index contributed by atoms with van der Waals surface area (Å²) in [6.45, 7) is 5.72. The topological polar surface area (TPSA) is 108 Å². The van der Waals surface area contributed by atoms with Crippen LogP contribution in [0.5, 0.6) is 0 Å². The van der Waals surface area contributed by atoms with Crippen LogP contribution >= 0.6 is 0 Å². The molecule has 3 N–H and O–H groups in total. The molecule has 0 aromatic heterocycles. The van der Waals surface area contributed by atoms with Gasteiger partial charge in [0.25, 0.3) is 0 Å². The number of amides is 5. The summed E-state index contributed by atoms with van der Waals surface area (Å²) >= 11 is 0. The van der Waals surface area contributed by atoms with Crippen LogP contribution in [0.25, 0.3) is 0 Å². The van der Waals surface area contributed by atoms with Gasteiger partial charge in [0.1, 0.15) is 6.04 Å². The maximum Gasteiger partial charge on any atom is 0.315 e. The molecule has 0 radical (unpaired) electrons. The average Bonchev–Trinajstić information content (AvgIpc) is 3.05. The van der Waals surface area contributed by atoms with Gasteiger partial charge >= 0.3 is 6.03 Å². The fraction of sp³-hybridized carbons (Fsp3) is 0.826. The summed E-state index contributed by atoms with van der Waals surface area (Å²) in [4.78, 5) is 50.7. The van der Waals surface area contributed by atoms with E-state index >= 15 is 0 Å². The molecule has 0 aromatic carbocycles. The fourth-order valence-electron chi connectivity index (χ4n) is 5.99. The number of imide groups is 1. The smallest absolute Gasteiger partial charge is 0.315 e. The molecule has 2 aliphatic heterocycles. The van der Waals surface area contributed by atoms with E-state index in [1.807, 2.05) is 0 Å². The van der Waals surface area contributed by atoms with Gasteiger partial charge in [0, 0.05) is 31.5 Å². The Morgan fingerprint density at radius 3 is 2.58 bits per heavy atom. The van der Waals surface area contributed by atoms with Crippen LogP contribution in [0.4, 0.5) is 4.79 Å². The number of rotatable bonds is 4. The van der Waals surface area contributed by atoms with Gasteiger partial charge in [-0.1, -0.05) is 13.8 Å². The van der Waals surface area contributed by atoms with Gasteiger partial charge in [0.15, 0.2) is 0 Å². The van der Waals surface area contributed by atoms with Crippen molar-refractivity contribution in [2.24, 2.45) is 29.6 Å². The number of piperidine rings is 1. The Morgan fingerprint density at radius 2 is 1.84 bits per heavy atom. The lowest BCUT2D eigenvalue weighted by molar-refractivity contribution is -0.144. The quantitative estimate of drug-likeness (QED) is 0.589. The van der Waals surface area contributed by atoms with E-state index in [0.29, 0.717) is 25.4 Å². The third-order valence-corrected chi connectivity index (χ3v) is 8.20. The highest BCUT2D eigenvalue weighted by molar-refractivity contribution is 6.02. The molecule has 2 saturated carbocycles. The fourth-order valence-corrected chi connectivity index (χ4v) is 5.99. The molecule has 4 rings (SSSR count). The lowest BCUT2D eigenvalue weighted by Crippen LogP contribution is -2.53. The van der Waals surface area contributed by atoms with Gasteiger partial charge in [0.05, 0.1) is 0 Å². The molecule has 8 heteroatoms. The summed E-state index contributed by atoms with van der Waals surface area (Å²) < 4.78 is 0. The number of fused-ring (bicyclic) bond motifs is 1. The lowest BCUT2D eigenvalue weighted by atomic mass is 9.75. The van der Waals surface area contributed by atoms with E-state index in [1.54, 1.807) is 4.90 Å². The highest BCUT2D eigenvalue weighted by Gasteiger charge is 2.48. The van der Waals surface area contributed by atoms with Crippen molar-refractivity contribution in [3.05, 3.63) is 0 Å². The molecule has 7 atom stereocenters. The summed E-state index contributed by atoms with van der Waals surface area (Å²) in [7, 11) is 0. The minimum atomic E-state index is -0.515. The highest BCUT2D eigenvalue weighted by atomic mass is 16.2. The van der Waals surface area contributed by atoms with Crippen LogP contribution in [0.2, 0.25) is 0 Å². The van der Waals surface area contributed by atoms with E-state index in [4.69, 9.17) is 0 Å². The second kappa shape index (κ2) is 9.17. The molecule has 0 bridgehead atoms. The Bertz CT molecular complexity index is 741. The average molecular weight is 433 g/mol. The van der Waals surface area contributed by atoms with E-state index in [2.05, 4.69) is 29.8 Å². The highest BCUT2D eigenvalue weighted by Crippen LogP contribution is 2.41. The number of urea groups is 1. The number of hydrogen-bond acceptors (Lipinski definition) is 4.